The van der Waals surface area contributed by atoms with Crippen LogP contribution >= 0.6 is 11.3 Å². The van der Waals surface area contributed by atoms with Crippen molar-refractivity contribution < 1.29 is 0 Å². The SMILES string of the molecule is c1ccc(-c2cccc(-c3ccc(N(c4ccccc4)c4ccc(-c5ccc6c(c5)sc5cc7ccccc7cc56)cc4)cc3)c2)cc1. The summed E-state index contributed by atoms with van der Waals surface area (Å²) in [5.41, 5.74) is 10.7. The van der Waals surface area contributed by atoms with Gasteiger partial charge in [-0.3, -0.25) is 0 Å². The highest BCUT2D eigenvalue weighted by atomic mass is 32.1. The van der Waals surface area contributed by atoms with Gasteiger partial charge in [0.2, 0.25) is 0 Å². The molecule has 0 radical (unpaired) electrons. The van der Waals surface area contributed by atoms with Crippen LogP contribution in [0, 0.1) is 0 Å². The zero-order valence-corrected chi connectivity index (χ0v) is 27.1. The number of hydrogen-bond donors (Lipinski definition) is 0. The lowest BCUT2D eigenvalue weighted by Gasteiger charge is -2.26. The predicted octanol–water partition coefficient (Wildman–Crippen LogP) is 13.7. The molecule has 0 saturated heterocycles. The minimum Gasteiger partial charge on any atom is -0.311 e. The second-order valence-corrected chi connectivity index (χ2v) is 13.3. The third kappa shape index (κ3) is 5.23. The van der Waals surface area contributed by atoms with Crippen molar-refractivity contribution in [1.82, 2.24) is 0 Å². The van der Waals surface area contributed by atoms with Gasteiger partial charge in [-0.05, 0) is 105 Å². The van der Waals surface area contributed by atoms with E-state index in [9.17, 15) is 0 Å². The quantitative estimate of drug-likeness (QED) is 0.177. The summed E-state index contributed by atoms with van der Waals surface area (Å²) in [6.07, 6.45) is 0. The summed E-state index contributed by atoms with van der Waals surface area (Å²) >= 11 is 1.88. The van der Waals surface area contributed by atoms with Crippen LogP contribution in [-0.2, 0) is 0 Å². The molecule has 1 nitrogen and oxygen atoms in total. The molecule has 0 aliphatic carbocycles. The Morgan fingerprint density at radius 1 is 0.292 bits per heavy atom. The van der Waals surface area contributed by atoms with E-state index in [1.807, 2.05) is 11.3 Å². The van der Waals surface area contributed by atoms with Gasteiger partial charge in [0, 0.05) is 37.2 Å². The number of para-hydroxylation sites is 1. The summed E-state index contributed by atoms with van der Waals surface area (Å²) < 4.78 is 2.66. The molecule has 1 aromatic heterocycles. The molecule has 0 bridgehead atoms. The Morgan fingerprint density at radius 3 is 1.40 bits per heavy atom. The van der Waals surface area contributed by atoms with E-state index >= 15 is 0 Å². The molecule has 226 valence electrons. The smallest absolute Gasteiger partial charge is 0.0462 e. The third-order valence-corrected chi connectivity index (χ3v) is 10.4. The summed E-state index contributed by atoms with van der Waals surface area (Å²) in [5.74, 6) is 0. The first-order valence-corrected chi connectivity index (χ1v) is 17.2. The number of anilines is 3. The van der Waals surface area contributed by atoms with Gasteiger partial charge >= 0.3 is 0 Å². The Morgan fingerprint density at radius 2 is 0.750 bits per heavy atom. The van der Waals surface area contributed by atoms with Crippen molar-refractivity contribution in [1.29, 1.82) is 0 Å². The highest BCUT2D eigenvalue weighted by Crippen LogP contribution is 2.40. The highest BCUT2D eigenvalue weighted by molar-refractivity contribution is 7.25. The molecule has 0 saturated carbocycles. The first kappa shape index (κ1) is 28.3. The molecule has 0 amide bonds. The number of hydrogen-bond acceptors (Lipinski definition) is 2. The first-order chi connectivity index (χ1) is 23.8. The van der Waals surface area contributed by atoms with Crippen LogP contribution in [0.15, 0.2) is 188 Å². The summed E-state index contributed by atoms with van der Waals surface area (Å²) in [6.45, 7) is 0. The number of nitrogens with zero attached hydrogens (tertiary/aromatic N) is 1. The van der Waals surface area contributed by atoms with Crippen molar-refractivity contribution >= 4 is 59.3 Å². The van der Waals surface area contributed by atoms with Crippen LogP contribution in [0.25, 0.3) is 64.3 Å². The standard InChI is InChI=1S/C46H31NS/c1-3-10-32(11-4-1)35-14-9-15-36(28-35)33-18-23-41(24-19-33)47(40-16-5-2-6-17-40)42-25-20-34(21-26-42)39-22-27-43-44-29-37-12-7-8-13-38(37)30-46(44)48-45(43)31-39/h1-31H. The van der Waals surface area contributed by atoms with Crippen molar-refractivity contribution in [2.75, 3.05) is 4.90 Å². The van der Waals surface area contributed by atoms with Crippen LogP contribution in [0.3, 0.4) is 0 Å². The van der Waals surface area contributed by atoms with E-state index in [-0.39, 0.29) is 0 Å². The molecule has 0 aliphatic heterocycles. The summed E-state index contributed by atoms with van der Waals surface area (Å²) in [5, 5.41) is 5.25. The van der Waals surface area contributed by atoms with Gasteiger partial charge in [-0.2, -0.15) is 0 Å². The molecule has 0 unspecified atom stereocenters. The zero-order valence-electron chi connectivity index (χ0n) is 26.3. The third-order valence-electron chi connectivity index (χ3n) is 9.24. The first-order valence-electron chi connectivity index (χ1n) is 16.3. The summed E-state index contributed by atoms with van der Waals surface area (Å²) in [6, 6.07) is 68.0. The minimum atomic E-state index is 1.12. The average Bonchev–Trinajstić information content (AvgIpc) is 3.52. The molecule has 1 heterocycles. The van der Waals surface area contributed by atoms with Crippen molar-refractivity contribution in [2.45, 2.75) is 0 Å². The molecule has 0 spiro atoms. The molecule has 0 fully saturated rings. The van der Waals surface area contributed by atoms with E-state index in [1.165, 1.54) is 64.3 Å². The Kier molecular flexibility index (Phi) is 7.07. The van der Waals surface area contributed by atoms with Gasteiger partial charge in [-0.25, -0.2) is 0 Å². The lowest BCUT2D eigenvalue weighted by molar-refractivity contribution is 1.28. The fourth-order valence-corrected chi connectivity index (χ4v) is 7.96. The summed E-state index contributed by atoms with van der Waals surface area (Å²) in [7, 11) is 0. The van der Waals surface area contributed by atoms with Gasteiger partial charge in [-0.1, -0.05) is 127 Å². The van der Waals surface area contributed by atoms with Gasteiger partial charge in [0.1, 0.15) is 0 Å². The fraction of sp³-hybridized carbons (Fsp3) is 0. The maximum atomic E-state index is 2.35. The Labute approximate surface area is 284 Å². The lowest BCUT2D eigenvalue weighted by atomic mass is 9.99. The Hall–Kier alpha value is -5.96. The van der Waals surface area contributed by atoms with Crippen molar-refractivity contribution in [3.63, 3.8) is 0 Å². The second kappa shape index (κ2) is 12.0. The van der Waals surface area contributed by atoms with Crippen LogP contribution in [0.1, 0.15) is 0 Å². The molecule has 8 aromatic carbocycles. The molecule has 9 rings (SSSR count). The Balaban J connectivity index is 1.04. The van der Waals surface area contributed by atoms with Gasteiger partial charge in [0.25, 0.3) is 0 Å². The molecular weight excluding hydrogens is 599 g/mol. The molecule has 48 heavy (non-hydrogen) atoms. The van der Waals surface area contributed by atoms with E-state index in [2.05, 4.69) is 193 Å². The fourth-order valence-electron chi connectivity index (χ4n) is 6.78. The van der Waals surface area contributed by atoms with Crippen molar-refractivity contribution in [2.24, 2.45) is 0 Å². The van der Waals surface area contributed by atoms with Gasteiger partial charge < -0.3 is 4.90 Å². The van der Waals surface area contributed by atoms with Gasteiger partial charge in [0.05, 0.1) is 0 Å². The highest BCUT2D eigenvalue weighted by Gasteiger charge is 2.14. The molecule has 9 aromatic rings. The van der Waals surface area contributed by atoms with Crippen molar-refractivity contribution in [3.05, 3.63) is 188 Å². The second-order valence-electron chi connectivity index (χ2n) is 12.2. The van der Waals surface area contributed by atoms with Gasteiger partial charge in [0.15, 0.2) is 0 Å². The van der Waals surface area contributed by atoms with E-state index in [0.717, 1.165) is 17.1 Å². The summed E-state index contributed by atoms with van der Waals surface area (Å²) in [4.78, 5) is 2.33. The predicted molar refractivity (Wildman–Crippen MR) is 208 cm³/mol. The van der Waals surface area contributed by atoms with Crippen LogP contribution in [-0.4, -0.2) is 0 Å². The van der Waals surface area contributed by atoms with Crippen LogP contribution in [0.2, 0.25) is 0 Å². The van der Waals surface area contributed by atoms with Crippen molar-refractivity contribution in [3.8, 4) is 33.4 Å². The van der Waals surface area contributed by atoms with E-state index in [4.69, 9.17) is 0 Å². The number of benzene rings is 8. The lowest BCUT2D eigenvalue weighted by Crippen LogP contribution is -2.09. The molecule has 2 heteroatoms. The van der Waals surface area contributed by atoms with Crippen LogP contribution < -0.4 is 4.90 Å². The van der Waals surface area contributed by atoms with Crippen LogP contribution in [0.5, 0.6) is 0 Å². The van der Waals surface area contributed by atoms with E-state index in [0.29, 0.717) is 0 Å². The largest absolute Gasteiger partial charge is 0.311 e. The van der Waals surface area contributed by atoms with Crippen LogP contribution in [0.4, 0.5) is 17.1 Å². The number of rotatable bonds is 6. The Bertz CT molecular complexity index is 2530. The number of thiophene rings is 1. The van der Waals surface area contributed by atoms with Gasteiger partial charge in [-0.15, -0.1) is 11.3 Å². The maximum Gasteiger partial charge on any atom is 0.0462 e. The molecule has 0 atom stereocenters. The maximum absolute atomic E-state index is 2.35. The number of fused-ring (bicyclic) bond motifs is 4. The van der Waals surface area contributed by atoms with E-state index < -0.39 is 0 Å². The topological polar surface area (TPSA) is 3.24 Å². The normalized spacial score (nSPS) is 11.3. The minimum absolute atomic E-state index is 1.12. The zero-order chi connectivity index (χ0) is 31.9. The molecule has 0 N–H and O–H groups in total. The molecule has 0 aliphatic rings. The molecular formula is C46H31NS. The van der Waals surface area contributed by atoms with E-state index in [1.54, 1.807) is 0 Å². The average molecular weight is 630 g/mol. The monoisotopic (exact) mass is 629 g/mol.